The Balaban J connectivity index is 0. The van der Waals surface area contributed by atoms with E-state index in [2.05, 4.69) is 22.5 Å². The summed E-state index contributed by atoms with van der Waals surface area (Å²) in [5, 5.41) is 5.58. The first-order chi connectivity index (χ1) is 7.70. The van der Waals surface area contributed by atoms with Crippen LogP contribution in [0.25, 0.3) is 0 Å². The van der Waals surface area contributed by atoms with Gasteiger partial charge in [-0.05, 0) is 6.42 Å². The van der Waals surface area contributed by atoms with E-state index >= 15 is 0 Å². The number of carbonyl (C=O) groups is 1. The van der Waals surface area contributed by atoms with Gasteiger partial charge in [0.2, 0.25) is 5.91 Å². The first kappa shape index (κ1) is 18.8. The van der Waals surface area contributed by atoms with Crippen molar-refractivity contribution < 1.29 is 9.53 Å². The molecule has 1 amide bonds. The summed E-state index contributed by atoms with van der Waals surface area (Å²) in [6.07, 6.45) is 2.13. The Kier molecular flexibility index (Phi) is 14.9. The predicted octanol–water partition coefficient (Wildman–Crippen LogP) is 0.0714. The standard InChI is InChI=1S/C10H22N4O2.HI/c1-3-4-5-13-10(11)14-8-9(15)12-6-7-16-2;/h3-8H2,1-2H3,(H,12,15)(H3,11,13,14);1H. The molecule has 102 valence electrons. The number of ether oxygens (including phenoxy) is 1. The average Bonchev–Trinajstić information content (AvgIpc) is 2.27. The minimum Gasteiger partial charge on any atom is -0.383 e. The summed E-state index contributed by atoms with van der Waals surface area (Å²) < 4.78 is 4.80. The normalized spacial score (nSPS) is 10.6. The van der Waals surface area contributed by atoms with Crippen LogP contribution in [0.4, 0.5) is 0 Å². The number of hydrogen-bond acceptors (Lipinski definition) is 3. The average molecular weight is 358 g/mol. The van der Waals surface area contributed by atoms with Gasteiger partial charge in [0, 0.05) is 20.2 Å². The highest BCUT2D eigenvalue weighted by Crippen LogP contribution is 1.81. The van der Waals surface area contributed by atoms with Gasteiger partial charge in [0.05, 0.1) is 6.61 Å². The van der Waals surface area contributed by atoms with Gasteiger partial charge in [-0.25, -0.2) is 4.99 Å². The van der Waals surface area contributed by atoms with Crippen LogP contribution in [0.5, 0.6) is 0 Å². The van der Waals surface area contributed by atoms with Crippen molar-refractivity contribution in [1.29, 1.82) is 0 Å². The minimum absolute atomic E-state index is 0. The molecule has 0 heterocycles. The Morgan fingerprint density at radius 1 is 1.35 bits per heavy atom. The zero-order chi connectivity index (χ0) is 12.2. The molecule has 0 unspecified atom stereocenters. The van der Waals surface area contributed by atoms with Crippen molar-refractivity contribution in [3.63, 3.8) is 0 Å². The maximum Gasteiger partial charge on any atom is 0.241 e. The van der Waals surface area contributed by atoms with Crippen LogP contribution in [0, 0.1) is 0 Å². The molecular formula is C10H23IN4O2. The van der Waals surface area contributed by atoms with E-state index in [1.807, 2.05) is 0 Å². The van der Waals surface area contributed by atoms with Gasteiger partial charge >= 0.3 is 0 Å². The second-order valence-corrected chi connectivity index (χ2v) is 3.32. The fraction of sp³-hybridized carbons (Fsp3) is 0.800. The summed E-state index contributed by atoms with van der Waals surface area (Å²) in [6, 6.07) is 0. The number of halogens is 1. The summed E-state index contributed by atoms with van der Waals surface area (Å²) in [5.74, 6) is 0.160. The van der Waals surface area contributed by atoms with E-state index in [0.29, 0.717) is 19.1 Å². The number of methoxy groups -OCH3 is 1. The minimum atomic E-state index is -0.155. The fourth-order valence-electron chi connectivity index (χ4n) is 0.955. The molecule has 0 spiro atoms. The summed E-state index contributed by atoms with van der Waals surface area (Å²) in [7, 11) is 1.58. The molecule has 0 aromatic rings. The number of guanidine groups is 1. The van der Waals surface area contributed by atoms with Crippen LogP contribution < -0.4 is 16.4 Å². The number of carbonyl (C=O) groups excluding carboxylic acids is 1. The lowest BCUT2D eigenvalue weighted by atomic mass is 10.3. The van der Waals surface area contributed by atoms with E-state index in [4.69, 9.17) is 10.5 Å². The summed E-state index contributed by atoms with van der Waals surface area (Å²) >= 11 is 0. The SMILES string of the molecule is CCCCNC(N)=NCC(=O)NCCOC.I. The monoisotopic (exact) mass is 358 g/mol. The second-order valence-electron chi connectivity index (χ2n) is 3.32. The van der Waals surface area contributed by atoms with Crippen LogP contribution >= 0.6 is 24.0 Å². The molecule has 6 nitrogen and oxygen atoms in total. The van der Waals surface area contributed by atoms with Crippen LogP contribution in [-0.4, -0.2) is 45.2 Å². The topological polar surface area (TPSA) is 88.7 Å². The van der Waals surface area contributed by atoms with Crippen molar-refractivity contribution >= 4 is 35.8 Å². The smallest absolute Gasteiger partial charge is 0.241 e. The van der Waals surface area contributed by atoms with Gasteiger partial charge in [0.15, 0.2) is 5.96 Å². The Morgan fingerprint density at radius 3 is 2.65 bits per heavy atom. The highest BCUT2D eigenvalue weighted by atomic mass is 127. The molecule has 0 atom stereocenters. The van der Waals surface area contributed by atoms with Crippen LogP contribution in [0.2, 0.25) is 0 Å². The van der Waals surface area contributed by atoms with E-state index < -0.39 is 0 Å². The third-order valence-corrected chi connectivity index (χ3v) is 1.86. The molecule has 4 N–H and O–H groups in total. The van der Waals surface area contributed by atoms with Gasteiger partial charge in [0.1, 0.15) is 6.54 Å². The number of nitrogens with one attached hydrogen (secondary N) is 2. The zero-order valence-electron chi connectivity index (χ0n) is 10.5. The first-order valence-electron chi connectivity index (χ1n) is 5.50. The van der Waals surface area contributed by atoms with Crippen LogP contribution in [0.1, 0.15) is 19.8 Å². The summed E-state index contributed by atoms with van der Waals surface area (Å²) in [4.78, 5) is 15.1. The Morgan fingerprint density at radius 2 is 2.06 bits per heavy atom. The van der Waals surface area contributed by atoms with Crippen molar-refractivity contribution in [3.05, 3.63) is 0 Å². The number of unbranched alkanes of at least 4 members (excludes halogenated alkanes) is 1. The maximum atomic E-state index is 11.2. The maximum absolute atomic E-state index is 11.2. The second kappa shape index (κ2) is 13.5. The molecule has 0 saturated heterocycles. The van der Waals surface area contributed by atoms with Gasteiger partial charge < -0.3 is 21.1 Å². The van der Waals surface area contributed by atoms with Crippen molar-refractivity contribution in [1.82, 2.24) is 10.6 Å². The number of rotatable bonds is 8. The molecule has 0 aliphatic rings. The lowest BCUT2D eigenvalue weighted by Gasteiger charge is -2.05. The first-order valence-corrected chi connectivity index (χ1v) is 5.50. The van der Waals surface area contributed by atoms with E-state index in [1.165, 1.54) is 0 Å². The Hall–Kier alpha value is -0.570. The number of amides is 1. The number of nitrogens with zero attached hydrogens (tertiary/aromatic N) is 1. The van der Waals surface area contributed by atoms with Crippen molar-refractivity contribution in [2.75, 3.05) is 33.4 Å². The molecule has 0 radical (unpaired) electrons. The van der Waals surface area contributed by atoms with Crippen molar-refractivity contribution in [2.45, 2.75) is 19.8 Å². The Labute approximate surface area is 120 Å². The Bertz CT molecular complexity index is 224. The van der Waals surface area contributed by atoms with Gasteiger partial charge in [-0.1, -0.05) is 13.3 Å². The predicted molar refractivity (Wildman–Crippen MR) is 79.7 cm³/mol. The van der Waals surface area contributed by atoms with E-state index in [0.717, 1.165) is 19.4 Å². The third kappa shape index (κ3) is 13.4. The fourth-order valence-corrected chi connectivity index (χ4v) is 0.955. The lowest BCUT2D eigenvalue weighted by molar-refractivity contribution is -0.119. The van der Waals surface area contributed by atoms with E-state index in [1.54, 1.807) is 7.11 Å². The highest BCUT2D eigenvalue weighted by Gasteiger charge is 1.98. The van der Waals surface area contributed by atoms with Crippen molar-refractivity contribution in [3.8, 4) is 0 Å². The molecule has 0 aliphatic heterocycles. The number of nitrogens with two attached hydrogens (primary N) is 1. The molecule has 0 aliphatic carbocycles. The van der Waals surface area contributed by atoms with Gasteiger partial charge in [0.25, 0.3) is 0 Å². The van der Waals surface area contributed by atoms with Gasteiger partial charge in [-0.15, -0.1) is 24.0 Å². The zero-order valence-corrected chi connectivity index (χ0v) is 12.8. The highest BCUT2D eigenvalue weighted by molar-refractivity contribution is 14.0. The molecule has 0 aromatic heterocycles. The molecule has 0 saturated carbocycles. The number of aliphatic imine (C=N–C) groups is 1. The molecule has 0 fully saturated rings. The van der Waals surface area contributed by atoms with Crippen LogP contribution in [0.15, 0.2) is 4.99 Å². The quantitative estimate of drug-likeness (QED) is 0.248. The summed E-state index contributed by atoms with van der Waals surface area (Å²) in [5.41, 5.74) is 5.55. The van der Waals surface area contributed by atoms with Crippen LogP contribution in [0.3, 0.4) is 0 Å². The molecule has 0 aromatic carbocycles. The third-order valence-electron chi connectivity index (χ3n) is 1.86. The molecule has 0 rings (SSSR count). The van der Waals surface area contributed by atoms with Crippen molar-refractivity contribution in [2.24, 2.45) is 10.7 Å². The molecule has 7 heteroatoms. The molecule has 17 heavy (non-hydrogen) atoms. The lowest BCUT2D eigenvalue weighted by Crippen LogP contribution is -2.35. The largest absolute Gasteiger partial charge is 0.383 e. The summed E-state index contributed by atoms with van der Waals surface area (Å²) in [6.45, 7) is 3.93. The van der Waals surface area contributed by atoms with Gasteiger partial charge in [-0.3, -0.25) is 4.79 Å². The molecular weight excluding hydrogens is 335 g/mol. The van der Waals surface area contributed by atoms with Crippen LogP contribution in [-0.2, 0) is 9.53 Å². The molecule has 0 bridgehead atoms. The van der Waals surface area contributed by atoms with E-state index in [9.17, 15) is 4.79 Å². The van der Waals surface area contributed by atoms with Gasteiger partial charge in [-0.2, -0.15) is 0 Å². The van der Waals surface area contributed by atoms with E-state index in [-0.39, 0.29) is 36.4 Å². The number of hydrogen-bond donors (Lipinski definition) is 3.